The van der Waals surface area contributed by atoms with Crippen molar-refractivity contribution in [3.05, 3.63) is 29.8 Å². The quantitative estimate of drug-likeness (QED) is 0.336. The lowest BCUT2D eigenvalue weighted by Crippen LogP contribution is -2.57. The fourth-order valence-corrected chi connectivity index (χ4v) is 2.31. The van der Waals surface area contributed by atoms with Crippen molar-refractivity contribution in [2.75, 3.05) is 43.6 Å². The van der Waals surface area contributed by atoms with E-state index in [0.29, 0.717) is 12.8 Å². The second kappa shape index (κ2) is 6.95. The van der Waals surface area contributed by atoms with Crippen molar-refractivity contribution < 1.29 is 26.7 Å². The molecule has 0 aliphatic carbocycles. The van der Waals surface area contributed by atoms with Crippen LogP contribution in [0.3, 0.4) is 0 Å². The molecule has 0 saturated carbocycles. The van der Waals surface area contributed by atoms with Gasteiger partial charge in [0.2, 0.25) is 0 Å². The number of hydrogen-bond acceptors (Lipinski definition) is 5. The highest BCUT2D eigenvalue weighted by Crippen LogP contribution is 2.40. The molecule has 1 saturated heterocycles. The first-order chi connectivity index (χ1) is 11.5. The lowest BCUT2D eigenvalue weighted by atomic mass is 10.1. The van der Waals surface area contributed by atoms with E-state index in [-0.39, 0.29) is 5.82 Å². The third-order valence-electron chi connectivity index (χ3n) is 3.74. The minimum atomic E-state index is -4.69. The lowest BCUT2D eigenvalue weighted by Gasteiger charge is -2.41. The zero-order valence-corrected chi connectivity index (χ0v) is 13.6. The maximum absolute atomic E-state index is 13.1. The average Bonchev–Trinajstić information content (AvgIpc) is 2.50. The minimum absolute atomic E-state index is 0.167. The summed E-state index contributed by atoms with van der Waals surface area (Å²) < 4.78 is 65.5. The fourth-order valence-electron chi connectivity index (χ4n) is 2.31. The summed E-state index contributed by atoms with van der Waals surface area (Å²) in [6.07, 6.45) is -1.24. The van der Waals surface area contributed by atoms with Crippen molar-refractivity contribution >= 4 is 17.9 Å². The van der Waals surface area contributed by atoms with Crippen LogP contribution in [0.4, 0.5) is 33.6 Å². The monoisotopic (exact) mass is 364 g/mol. The average molecular weight is 364 g/mol. The summed E-state index contributed by atoms with van der Waals surface area (Å²) in [5, 5.41) is 3.07. The molecule has 1 aliphatic heterocycles. The number of aromatic nitrogens is 1. The summed E-state index contributed by atoms with van der Waals surface area (Å²) in [7, 11) is 3.21. The first kappa shape index (κ1) is 19.1. The number of pyridine rings is 1. The van der Waals surface area contributed by atoms with Gasteiger partial charge in [0.25, 0.3) is 5.92 Å². The number of likely N-dealkylation sites (N-methyl/N-ethyl adjacent to an activating group) is 1. The van der Waals surface area contributed by atoms with E-state index in [1.165, 1.54) is 17.2 Å². The van der Waals surface area contributed by atoms with Crippen LogP contribution in [0.25, 0.3) is 0 Å². The maximum atomic E-state index is 13.1. The van der Waals surface area contributed by atoms with E-state index in [1.54, 1.807) is 25.2 Å². The van der Waals surface area contributed by atoms with Crippen molar-refractivity contribution in [1.82, 2.24) is 9.99 Å². The Kier molecular flexibility index (Phi) is 5.31. The molecule has 0 radical (unpaired) electrons. The molecule has 0 spiro atoms. The first-order valence-electron chi connectivity index (χ1n) is 7.31. The van der Waals surface area contributed by atoms with Gasteiger partial charge in [0, 0.05) is 20.6 Å². The van der Waals surface area contributed by atoms with Crippen molar-refractivity contribution in [2.45, 2.75) is 12.1 Å². The smallest absolute Gasteiger partial charge is 0.344 e. The van der Waals surface area contributed by atoms with Gasteiger partial charge in [-0.25, -0.2) is 18.8 Å². The molecule has 138 valence electrons. The van der Waals surface area contributed by atoms with Crippen LogP contribution < -0.4 is 9.91 Å². The molecule has 25 heavy (non-hydrogen) atoms. The van der Waals surface area contributed by atoms with Gasteiger partial charge in [0.1, 0.15) is 17.9 Å². The number of hydrazine groups is 1. The predicted molar refractivity (Wildman–Crippen MR) is 82.6 cm³/mol. The van der Waals surface area contributed by atoms with Gasteiger partial charge >= 0.3 is 6.18 Å². The Morgan fingerprint density at radius 1 is 1.28 bits per heavy atom. The van der Waals surface area contributed by atoms with E-state index in [2.05, 4.69) is 4.98 Å². The van der Waals surface area contributed by atoms with Crippen LogP contribution in [-0.2, 0) is 11.0 Å². The molecule has 0 atom stereocenters. The van der Waals surface area contributed by atoms with Crippen molar-refractivity contribution in [3.8, 4) is 0 Å². The zero-order valence-electron chi connectivity index (χ0n) is 13.6. The summed E-state index contributed by atoms with van der Waals surface area (Å²) in [5.41, 5.74) is -1.05. The minimum Gasteiger partial charge on any atom is -0.344 e. The molecule has 0 aromatic carbocycles. The molecule has 0 bridgehead atoms. The summed E-state index contributed by atoms with van der Waals surface area (Å²) in [6, 6.07) is 2.00. The second-order valence-corrected chi connectivity index (χ2v) is 5.68. The number of rotatable bonds is 6. The van der Waals surface area contributed by atoms with Crippen molar-refractivity contribution in [3.63, 3.8) is 0 Å². The molecule has 5 nitrogen and oxygen atoms in total. The molecular weight excluding hydrogens is 347 g/mol. The summed E-state index contributed by atoms with van der Waals surface area (Å²) in [4.78, 5) is 15.1. The number of allylic oxidation sites excluding steroid dienone is 1. The van der Waals surface area contributed by atoms with Gasteiger partial charge in [-0.15, -0.1) is 0 Å². The topological polar surface area (TPSA) is 39.7 Å². The Bertz CT molecular complexity index is 654. The van der Waals surface area contributed by atoms with Gasteiger partial charge in [0.15, 0.2) is 0 Å². The number of carbonyl (C=O) groups is 1. The Labute approximate surface area is 141 Å². The number of halogens is 5. The Hall–Kier alpha value is -2.23. The first-order valence-corrected chi connectivity index (χ1v) is 7.31. The Morgan fingerprint density at radius 3 is 2.44 bits per heavy atom. The second-order valence-electron chi connectivity index (χ2n) is 5.68. The number of alkyl halides is 5. The van der Waals surface area contributed by atoms with Gasteiger partial charge in [-0.3, -0.25) is 9.80 Å². The van der Waals surface area contributed by atoms with E-state index in [9.17, 15) is 26.7 Å². The third kappa shape index (κ3) is 4.44. The molecule has 1 aliphatic rings. The van der Waals surface area contributed by atoms with Crippen LogP contribution >= 0.6 is 0 Å². The summed E-state index contributed by atoms with van der Waals surface area (Å²) >= 11 is 0. The number of anilines is 2. The fraction of sp³-hybridized carbons (Fsp3) is 0.467. The van der Waals surface area contributed by atoms with E-state index in [1.807, 2.05) is 0 Å². The molecule has 0 N–H and O–H groups in total. The highest BCUT2D eigenvalue weighted by atomic mass is 19.4. The normalized spacial score (nSPS) is 17.0. The number of aldehydes is 1. The Morgan fingerprint density at radius 2 is 1.92 bits per heavy atom. The standard InChI is InChI=1S/C15H17F5N4O/c1-22(7-3-4-8-25)23(2)12-6-5-11(15(18,19)20)13(21-12)24-9-14(16,17)10-24/h3-6,8H,7,9-10H2,1-2H3/b4-3-. The number of hydrogen-bond donors (Lipinski definition) is 0. The van der Waals surface area contributed by atoms with Crippen LogP contribution in [0.2, 0.25) is 0 Å². The van der Waals surface area contributed by atoms with Crippen molar-refractivity contribution in [2.24, 2.45) is 0 Å². The molecule has 1 aromatic heterocycles. The zero-order chi connectivity index (χ0) is 18.8. The molecule has 1 aromatic rings. The third-order valence-corrected chi connectivity index (χ3v) is 3.74. The van der Waals surface area contributed by atoms with Gasteiger partial charge in [-0.1, -0.05) is 6.08 Å². The molecule has 10 heteroatoms. The Balaban J connectivity index is 2.29. The van der Waals surface area contributed by atoms with E-state index in [0.717, 1.165) is 11.0 Å². The van der Waals surface area contributed by atoms with Crippen LogP contribution in [0.15, 0.2) is 24.3 Å². The van der Waals surface area contributed by atoms with Crippen LogP contribution in [0, 0.1) is 0 Å². The summed E-state index contributed by atoms with van der Waals surface area (Å²) in [5.74, 6) is -3.36. The predicted octanol–water partition coefficient (Wildman–Crippen LogP) is 2.59. The van der Waals surface area contributed by atoms with E-state index in [4.69, 9.17) is 0 Å². The van der Waals surface area contributed by atoms with E-state index < -0.39 is 36.6 Å². The highest BCUT2D eigenvalue weighted by molar-refractivity contribution is 5.64. The van der Waals surface area contributed by atoms with Gasteiger partial charge in [-0.05, 0) is 18.2 Å². The molecular formula is C15H17F5N4O. The van der Waals surface area contributed by atoms with E-state index >= 15 is 0 Å². The maximum Gasteiger partial charge on any atom is 0.419 e. The molecule has 2 rings (SSSR count). The SMILES string of the molecule is CN(C/C=C\C=O)N(C)c1ccc(C(F)(F)F)c(N2CC(F)(F)C2)n1. The molecule has 2 heterocycles. The highest BCUT2D eigenvalue weighted by Gasteiger charge is 2.47. The number of nitrogens with zero attached hydrogens (tertiary/aromatic N) is 4. The number of carbonyl (C=O) groups excluding carboxylic acids is 1. The van der Waals surface area contributed by atoms with Crippen molar-refractivity contribution in [1.29, 1.82) is 0 Å². The van der Waals surface area contributed by atoms with Gasteiger partial charge in [0.05, 0.1) is 18.7 Å². The van der Waals surface area contributed by atoms with Crippen LogP contribution in [-0.4, -0.2) is 55.9 Å². The van der Waals surface area contributed by atoms with Gasteiger partial charge in [-0.2, -0.15) is 13.2 Å². The van der Waals surface area contributed by atoms with Gasteiger partial charge < -0.3 is 4.90 Å². The molecule has 1 fully saturated rings. The molecule has 0 amide bonds. The van der Waals surface area contributed by atoms with Crippen LogP contribution in [0.1, 0.15) is 5.56 Å². The molecule has 0 unspecified atom stereocenters. The van der Waals surface area contributed by atoms with Crippen LogP contribution in [0.5, 0.6) is 0 Å². The lowest BCUT2D eigenvalue weighted by molar-refractivity contribution is -0.137. The summed E-state index contributed by atoms with van der Waals surface area (Å²) in [6.45, 7) is -1.28. The largest absolute Gasteiger partial charge is 0.419 e.